The lowest BCUT2D eigenvalue weighted by Gasteiger charge is -2.01. The smallest absolute Gasteiger partial charge is 0.204 e. The quantitative estimate of drug-likeness (QED) is 0.719. The Labute approximate surface area is 115 Å². The molecular weight excluding hydrogens is 327 g/mol. The molecule has 0 amide bonds. The third-order valence-corrected chi connectivity index (χ3v) is 4.70. The maximum absolute atomic E-state index is 12.9. The molecule has 0 spiro atoms. The van der Waals surface area contributed by atoms with Crippen molar-refractivity contribution in [2.24, 2.45) is 0 Å². The fourth-order valence-corrected chi connectivity index (χ4v) is 3.12. The van der Waals surface area contributed by atoms with Crippen LogP contribution in [-0.4, -0.2) is 5.78 Å². The predicted octanol–water partition coefficient (Wildman–Crippen LogP) is 4.84. The molecular formula is C12H7BrClFOS. The summed E-state index contributed by atoms with van der Waals surface area (Å²) in [6, 6.07) is 5.53. The van der Waals surface area contributed by atoms with Crippen molar-refractivity contribution in [1.29, 1.82) is 0 Å². The maximum Gasteiger partial charge on any atom is 0.204 e. The first-order valence-electron chi connectivity index (χ1n) is 4.74. The zero-order valence-corrected chi connectivity index (χ0v) is 11.9. The van der Waals surface area contributed by atoms with Crippen LogP contribution in [0, 0.1) is 12.7 Å². The van der Waals surface area contributed by atoms with Crippen LogP contribution in [0.4, 0.5) is 4.39 Å². The first kappa shape index (κ1) is 12.7. The van der Waals surface area contributed by atoms with Gasteiger partial charge in [0.2, 0.25) is 5.78 Å². The van der Waals surface area contributed by atoms with E-state index in [9.17, 15) is 9.18 Å². The molecule has 0 saturated carbocycles. The summed E-state index contributed by atoms with van der Waals surface area (Å²) in [5.41, 5.74) is 0.321. The fourth-order valence-electron chi connectivity index (χ4n) is 1.38. The number of benzene rings is 1. The van der Waals surface area contributed by atoms with Crippen LogP contribution in [0.1, 0.15) is 20.1 Å². The molecule has 0 aliphatic heterocycles. The van der Waals surface area contributed by atoms with E-state index in [4.69, 9.17) is 11.6 Å². The zero-order valence-electron chi connectivity index (χ0n) is 8.76. The normalized spacial score (nSPS) is 10.6. The zero-order chi connectivity index (χ0) is 12.6. The van der Waals surface area contributed by atoms with Crippen molar-refractivity contribution in [3.63, 3.8) is 0 Å². The molecule has 0 aliphatic carbocycles. The van der Waals surface area contributed by atoms with Crippen LogP contribution in [0.25, 0.3) is 0 Å². The van der Waals surface area contributed by atoms with Crippen molar-refractivity contribution in [3.8, 4) is 0 Å². The second kappa shape index (κ2) is 4.88. The van der Waals surface area contributed by atoms with E-state index >= 15 is 0 Å². The number of hydrogen-bond donors (Lipinski definition) is 0. The van der Waals surface area contributed by atoms with Crippen molar-refractivity contribution in [2.45, 2.75) is 6.92 Å². The van der Waals surface area contributed by atoms with Gasteiger partial charge < -0.3 is 0 Å². The Hall–Kier alpha value is -0.710. The van der Waals surface area contributed by atoms with E-state index in [1.54, 1.807) is 6.07 Å². The molecule has 0 fully saturated rings. The molecule has 1 heterocycles. The monoisotopic (exact) mass is 332 g/mol. The standard InChI is InChI=1S/C12H7BrClFOS/c1-6-9(13)5-11(17-6)12(16)8-3-2-7(15)4-10(8)14/h2-5H,1H3. The van der Waals surface area contributed by atoms with Crippen molar-refractivity contribution < 1.29 is 9.18 Å². The Morgan fingerprint density at radius 2 is 2.12 bits per heavy atom. The largest absolute Gasteiger partial charge is 0.288 e. The lowest BCUT2D eigenvalue weighted by molar-refractivity contribution is 0.104. The van der Waals surface area contributed by atoms with Crippen molar-refractivity contribution in [3.05, 3.63) is 54.9 Å². The predicted molar refractivity (Wildman–Crippen MR) is 71.6 cm³/mol. The molecule has 0 aliphatic rings. The van der Waals surface area contributed by atoms with Gasteiger partial charge in [-0.1, -0.05) is 11.6 Å². The summed E-state index contributed by atoms with van der Waals surface area (Å²) in [5.74, 6) is -0.635. The number of thiophene rings is 1. The SMILES string of the molecule is Cc1sc(C(=O)c2ccc(F)cc2Cl)cc1Br. The number of ketones is 1. The number of carbonyl (C=O) groups excluding carboxylic acids is 1. The Kier molecular flexibility index (Phi) is 3.66. The van der Waals surface area contributed by atoms with Gasteiger partial charge in [0.25, 0.3) is 0 Å². The van der Waals surface area contributed by atoms with Crippen LogP contribution in [0.3, 0.4) is 0 Å². The number of rotatable bonds is 2. The summed E-state index contributed by atoms with van der Waals surface area (Å²) in [5, 5.41) is 0.136. The van der Waals surface area contributed by atoms with Crippen molar-refractivity contribution >= 4 is 44.7 Å². The lowest BCUT2D eigenvalue weighted by Crippen LogP contribution is -1.99. The van der Waals surface area contributed by atoms with Gasteiger partial charge in [-0.15, -0.1) is 11.3 Å². The summed E-state index contributed by atoms with van der Waals surface area (Å²) in [7, 11) is 0. The second-order valence-corrected chi connectivity index (χ2v) is 5.99. The van der Waals surface area contributed by atoms with Crippen molar-refractivity contribution in [2.75, 3.05) is 0 Å². The molecule has 0 saturated heterocycles. The topological polar surface area (TPSA) is 17.1 Å². The molecule has 0 bridgehead atoms. The minimum Gasteiger partial charge on any atom is -0.288 e. The molecule has 1 nitrogen and oxygen atoms in total. The Morgan fingerprint density at radius 1 is 1.41 bits per heavy atom. The maximum atomic E-state index is 12.9. The average molecular weight is 334 g/mol. The number of halogens is 3. The molecule has 2 aromatic rings. The minimum atomic E-state index is -0.449. The van der Waals surface area contributed by atoms with E-state index in [1.807, 2.05) is 6.92 Å². The van der Waals surface area contributed by atoms with E-state index in [-0.39, 0.29) is 10.8 Å². The average Bonchev–Trinajstić information content (AvgIpc) is 2.58. The van der Waals surface area contributed by atoms with E-state index in [0.29, 0.717) is 10.4 Å². The molecule has 1 aromatic carbocycles. The Balaban J connectivity index is 2.43. The number of carbonyl (C=O) groups is 1. The first-order valence-corrected chi connectivity index (χ1v) is 6.73. The van der Waals surface area contributed by atoms with Crippen LogP contribution >= 0.6 is 38.9 Å². The van der Waals surface area contributed by atoms with E-state index in [2.05, 4.69) is 15.9 Å². The van der Waals surface area contributed by atoms with Gasteiger partial charge in [0.1, 0.15) is 5.82 Å². The lowest BCUT2D eigenvalue weighted by atomic mass is 10.1. The molecule has 88 valence electrons. The first-order chi connectivity index (χ1) is 7.99. The van der Waals surface area contributed by atoms with Crippen molar-refractivity contribution in [1.82, 2.24) is 0 Å². The van der Waals surface area contributed by atoms with Gasteiger partial charge in [0, 0.05) is 14.9 Å². The van der Waals surface area contributed by atoms with E-state index in [0.717, 1.165) is 15.4 Å². The highest BCUT2D eigenvalue weighted by Crippen LogP contribution is 2.29. The molecule has 0 N–H and O–H groups in total. The number of hydrogen-bond acceptors (Lipinski definition) is 2. The highest BCUT2D eigenvalue weighted by Gasteiger charge is 2.16. The summed E-state index contributed by atoms with van der Waals surface area (Å²) in [6.45, 7) is 1.91. The van der Waals surface area contributed by atoms with Crippen LogP contribution in [-0.2, 0) is 0 Å². The van der Waals surface area contributed by atoms with Crippen LogP contribution in [0.5, 0.6) is 0 Å². The van der Waals surface area contributed by atoms with Gasteiger partial charge in [-0.3, -0.25) is 4.79 Å². The Morgan fingerprint density at radius 3 is 2.65 bits per heavy atom. The van der Waals surface area contributed by atoms with Gasteiger partial charge in [0.05, 0.1) is 9.90 Å². The third-order valence-electron chi connectivity index (χ3n) is 2.26. The van der Waals surface area contributed by atoms with Gasteiger partial charge in [-0.25, -0.2) is 4.39 Å². The molecule has 17 heavy (non-hydrogen) atoms. The minimum absolute atomic E-state index is 0.136. The summed E-state index contributed by atoms with van der Waals surface area (Å²) < 4.78 is 13.8. The van der Waals surface area contributed by atoms with Gasteiger partial charge in [0.15, 0.2) is 0 Å². The second-order valence-electron chi connectivity index (χ2n) is 3.47. The van der Waals surface area contributed by atoms with Gasteiger partial charge >= 0.3 is 0 Å². The van der Waals surface area contributed by atoms with Crippen LogP contribution in [0.2, 0.25) is 5.02 Å². The molecule has 0 unspecified atom stereocenters. The summed E-state index contributed by atoms with van der Waals surface area (Å²) in [4.78, 5) is 13.7. The molecule has 0 atom stereocenters. The summed E-state index contributed by atoms with van der Waals surface area (Å²) >= 11 is 10.6. The molecule has 1 aromatic heterocycles. The highest BCUT2D eigenvalue weighted by atomic mass is 79.9. The molecule has 5 heteroatoms. The number of aryl methyl sites for hydroxylation is 1. The van der Waals surface area contributed by atoms with E-state index in [1.165, 1.54) is 23.5 Å². The summed E-state index contributed by atoms with van der Waals surface area (Å²) in [6.07, 6.45) is 0. The fraction of sp³-hybridized carbons (Fsp3) is 0.0833. The van der Waals surface area contributed by atoms with Gasteiger partial charge in [-0.05, 0) is 47.1 Å². The third kappa shape index (κ3) is 2.59. The highest BCUT2D eigenvalue weighted by molar-refractivity contribution is 9.10. The van der Waals surface area contributed by atoms with Gasteiger partial charge in [-0.2, -0.15) is 0 Å². The Bertz CT molecular complexity index is 575. The van der Waals surface area contributed by atoms with Crippen LogP contribution in [0.15, 0.2) is 28.7 Å². The molecule has 2 rings (SSSR count). The molecule has 0 radical (unpaired) electrons. The van der Waals surface area contributed by atoms with Crippen LogP contribution < -0.4 is 0 Å². The van der Waals surface area contributed by atoms with E-state index < -0.39 is 5.82 Å².